The summed E-state index contributed by atoms with van der Waals surface area (Å²) in [5.74, 6) is -0.841. The van der Waals surface area contributed by atoms with Gasteiger partial charge in [-0.2, -0.15) is 0 Å². The van der Waals surface area contributed by atoms with Crippen LogP contribution in [0.4, 0.5) is 10.1 Å². The van der Waals surface area contributed by atoms with Crippen LogP contribution in [0, 0.1) is 12.7 Å². The minimum Gasteiger partial charge on any atom is -0.321 e. The summed E-state index contributed by atoms with van der Waals surface area (Å²) in [5, 5.41) is 9.91. The van der Waals surface area contributed by atoms with Crippen molar-refractivity contribution < 1.29 is 17.6 Å². The van der Waals surface area contributed by atoms with E-state index in [2.05, 4.69) is 10.3 Å². The number of rotatable bonds is 4. The quantitative estimate of drug-likeness (QED) is 0.713. The predicted octanol–water partition coefficient (Wildman–Crippen LogP) is 3.16. The Hall–Kier alpha value is -2.62. The highest BCUT2D eigenvalue weighted by Crippen LogP contribution is 2.25. The van der Waals surface area contributed by atoms with E-state index in [1.165, 1.54) is 29.5 Å². The van der Waals surface area contributed by atoms with E-state index in [1.807, 2.05) is 0 Å². The minimum absolute atomic E-state index is 0.0550. The highest BCUT2D eigenvalue weighted by molar-refractivity contribution is 7.89. The fraction of sp³-hybridized carbons (Fsp3) is 0.0588. The van der Waals surface area contributed by atoms with Gasteiger partial charge in [0.05, 0.1) is 4.90 Å². The van der Waals surface area contributed by atoms with E-state index in [9.17, 15) is 17.6 Å². The number of halogens is 1. The third-order valence-corrected chi connectivity index (χ3v) is 5.52. The van der Waals surface area contributed by atoms with Crippen molar-refractivity contribution in [2.24, 2.45) is 5.14 Å². The number of nitrogens with zero attached hydrogens (tertiary/aromatic N) is 1. The molecule has 0 atom stereocenters. The van der Waals surface area contributed by atoms with E-state index < -0.39 is 15.9 Å². The van der Waals surface area contributed by atoms with Gasteiger partial charge in [-0.1, -0.05) is 6.07 Å². The second-order valence-corrected chi connectivity index (χ2v) is 7.91. The Bertz CT molecular complexity index is 1080. The molecule has 1 aromatic heterocycles. The number of carbonyl (C=O) groups excluding carboxylic acids is 1. The van der Waals surface area contributed by atoms with E-state index in [4.69, 9.17) is 5.14 Å². The zero-order valence-corrected chi connectivity index (χ0v) is 15.2. The predicted molar refractivity (Wildman–Crippen MR) is 98.0 cm³/mol. The number of amides is 1. The molecule has 1 heterocycles. The van der Waals surface area contributed by atoms with Crippen LogP contribution in [-0.2, 0) is 10.0 Å². The number of anilines is 1. The zero-order chi connectivity index (χ0) is 18.9. The van der Waals surface area contributed by atoms with Crippen LogP contribution < -0.4 is 10.5 Å². The number of primary sulfonamides is 1. The second-order valence-electron chi connectivity index (χ2n) is 5.52. The van der Waals surface area contributed by atoms with Gasteiger partial charge in [0.2, 0.25) is 10.0 Å². The van der Waals surface area contributed by atoms with Crippen molar-refractivity contribution in [2.45, 2.75) is 11.8 Å². The SMILES string of the molecule is Cc1ccc(NC(=O)c2csc(-c3ccc(F)cc3)n2)cc1S(N)(=O)=O. The molecule has 0 aliphatic carbocycles. The molecule has 3 rings (SSSR count). The van der Waals surface area contributed by atoms with Crippen molar-refractivity contribution in [3.63, 3.8) is 0 Å². The molecular weight excluding hydrogens is 377 g/mol. The molecule has 26 heavy (non-hydrogen) atoms. The van der Waals surface area contributed by atoms with Gasteiger partial charge in [-0.25, -0.2) is 22.9 Å². The average molecular weight is 391 g/mol. The smallest absolute Gasteiger partial charge is 0.275 e. The Labute approximate surface area is 153 Å². The number of nitrogens with one attached hydrogen (secondary N) is 1. The fourth-order valence-electron chi connectivity index (χ4n) is 2.28. The lowest BCUT2D eigenvalue weighted by Crippen LogP contribution is -2.16. The lowest BCUT2D eigenvalue weighted by molar-refractivity contribution is 0.102. The maximum atomic E-state index is 13.0. The molecule has 0 saturated heterocycles. The monoisotopic (exact) mass is 391 g/mol. The third kappa shape index (κ3) is 3.96. The van der Waals surface area contributed by atoms with Gasteiger partial charge in [0, 0.05) is 16.6 Å². The maximum Gasteiger partial charge on any atom is 0.275 e. The molecule has 0 spiro atoms. The van der Waals surface area contributed by atoms with Crippen LogP contribution in [-0.4, -0.2) is 19.3 Å². The van der Waals surface area contributed by atoms with Crippen molar-refractivity contribution in [1.29, 1.82) is 0 Å². The molecule has 2 aromatic carbocycles. The van der Waals surface area contributed by atoms with Crippen LogP contribution in [0.1, 0.15) is 16.1 Å². The summed E-state index contributed by atoms with van der Waals surface area (Å²) >= 11 is 1.25. The molecule has 134 valence electrons. The van der Waals surface area contributed by atoms with Crippen molar-refractivity contribution in [1.82, 2.24) is 4.98 Å². The molecule has 0 saturated carbocycles. The van der Waals surface area contributed by atoms with Crippen molar-refractivity contribution in [2.75, 3.05) is 5.32 Å². The Kier molecular flexibility index (Phi) is 4.86. The van der Waals surface area contributed by atoms with Crippen molar-refractivity contribution in [3.8, 4) is 10.6 Å². The first-order chi connectivity index (χ1) is 12.2. The molecule has 0 radical (unpaired) electrons. The molecular formula is C17H14FN3O3S2. The standard InChI is InChI=1S/C17H14FN3O3S2/c1-10-2-7-13(8-15(10)26(19,23)24)20-16(22)14-9-25-17(21-14)11-3-5-12(18)6-4-11/h2-9H,1H3,(H,20,22)(H2,19,23,24). The lowest BCUT2D eigenvalue weighted by Gasteiger charge is -2.08. The van der Waals surface area contributed by atoms with Crippen LogP contribution in [0.5, 0.6) is 0 Å². The number of hydrogen-bond donors (Lipinski definition) is 2. The summed E-state index contributed by atoms with van der Waals surface area (Å²) in [6.07, 6.45) is 0. The third-order valence-electron chi connectivity index (χ3n) is 3.58. The maximum absolute atomic E-state index is 13.0. The van der Waals surface area contributed by atoms with E-state index >= 15 is 0 Å². The summed E-state index contributed by atoms with van der Waals surface area (Å²) in [4.78, 5) is 16.5. The van der Waals surface area contributed by atoms with E-state index in [0.717, 1.165) is 0 Å². The van der Waals surface area contributed by atoms with Crippen LogP contribution in [0.2, 0.25) is 0 Å². The Morgan fingerprint density at radius 1 is 1.19 bits per heavy atom. The van der Waals surface area contributed by atoms with E-state index in [1.54, 1.807) is 36.6 Å². The zero-order valence-electron chi connectivity index (χ0n) is 13.6. The number of benzene rings is 2. The number of aromatic nitrogens is 1. The molecule has 1 amide bonds. The largest absolute Gasteiger partial charge is 0.321 e. The number of sulfonamides is 1. The number of thiazole rings is 1. The van der Waals surface area contributed by atoms with Gasteiger partial charge in [-0.15, -0.1) is 11.3 Å². The van der Waals surface area contributed by atoms with Gasteiger partial charge in [-0.05, 0) is 48.9 Å². The van der Waals surface area contributed by atoms with Gasteiger partial charge in [0.1, 0.15) is 16.5 Å². The van der Waals surface area contributed by atoms with Crippen LogP contribution in [0.3, 0.4) is 0 Å². The second kappa shape index (κ2) is 6.94. The lowest BCUT2D eigenvalue weighted by atomic mass is 10.2. The summed E-state index contributed by atoms with van der Waals surface area (Å²) < 4.78 is 36.1. The summed E-state index contributed by atoms with van der Waals surface area (Å²) in [6.45, 7) is 1.61. The summed E-state index contributed by atoms with van der Waals surface area (Å²) in [7, 11) is -3.89. The molecule has 6 nitrogen and oxygen atoms in total. The first kappa shape index (κ1) is 18.2. The first-order valence-corrected chi connectivity index (χ1v) is 9.83. The number of hydrogen-bond acceptors (Lipinski definition) is 5. The van der Waals surface area contributed by atoms with E-state index in [-0.39, 0.29) is 16.4 Å². The fourth-order valence-corrected chi connectivity index (χ4v) is 3.90. The highest BCUT2D eigenvalue weighted by atomic mass is 32.2. The Balaban J connectivity index is 1.82. The Morgan fingerprint density at radius 2 is 1.88 bits per heavy atom. The van der Waals surface area contributed by atoms with Gasteiger partial charge in [-0.3, -0.25) is 4.79 Å². The Morgan fingerprint density at radius 3 is 2.54 bits per heavy atom. The van der Waals surface area contributed by atoms with Crippen molar-refractivity contribution in [3.05, 3.63) is 64.9 Å². The molecule has 3 N–H and O–H groups in total. The topological polar surface area (TPSA) is 102 Å². The van der Waals surface area contributed by atoms with Crippen LogP contribution in [0.25, 0.3) is 10.6 Å². The molecule has 0 bridgehead atoms. The molecule has 0 aliphatic rings. The highest BCUT2D eigenvalue weighted by Gasteiger charge is 2.15. The van der Waals surface area contributed by atoms with Crippen LogP contribution in [0.15, 0.2) is 52.7 Å². The van der Waals surface area contributed by atoms with Crippen LogP contribution >= 0.6 is 11.3 Å². The van der Waals surface area contributed by atoms with Gasteiger partial charge in [0.25, 0.3) is 5.91 Å². The van der Waals surface area contributed by atoms with Gasteiger partial charge >= 0.3 is 0 Å². The summed E-state index contributed by atoms with van der Waals surface area (Å²) in [5.41, 5.74) is 1.65. The minimum atomic E-state index is -3.89. The summed E-state index contributed by atoms with van der Waals surface area (Å²) in [6, 6.07) is 10.2. The normalized spacial score (nSPS) is 11.3. The van der Waals surface area contributed by atoms with Gasteiger partial charge in [0.15, 0.2) is 0 Å². The number of carbonyl (C=O) groups is 1. The van der Waals surface area contributed by atoms with Gasteiger partial charge < -0.3 is 5.32 Å². The molecule has 0 fully saturated rings. The molecule has 0 unspecified atom stereocenters. The first-order valence-electron chi connectivity index (χ1n) is 7.40. The molecule has 0 aliphatic heterocycles. The average Bonchev–Trinajstić information content (AvgIpc) is 3.06. The number of nitrogens with two attached hydrogens (primary N) is 1. The number of aryl methyl sites for hydroxylation is 1. The molecule has 9 heteroatoms. The van der Waals surface area contributed by atoms with E-state index in [0.29, 0.717) is 21.8 Å². The molecule has 3 aromatic rings. The van der Waals surface area contributed by atoms with Crippen molar-refractivity contribution >= 4 is 33.0 Å².